The molecule has 0 unspecified atom stereocenters. The molecule has 0 fully saturated rings. The summed E-state index contributed by atoms with van der Waals surface area (Å²) < 4.78 is 2.25. The zero-order valence-corrected chi connectivity index (χ0v) is 8.95. The summed E-state index contributed by atoms with van der Waals surface area (Å²) >= 11 is 0. The first-order valence-electron chi connectivity index (χ1n) is 5.50. The predicted octanol–water partition coefficient (Wildman–Crippen LogP) is 1.26. The lowest BCUT2D eigenvalue weighted by atomic mass is 10.1. The van der Waals surface area contributed by atoms with Gasteiger partial charge in [-0.25, -0.2) is 4.98 Å². The fraction of sp³-hybridized carbons (Fsp3) is 0.417. The summed E-state index contributed by atoms with van der Waals surface area (Å²) in [6.45, 7) is 2.16. The van der Waals surface area contributed by atoms with Crippen molar-refractivity contribution in [3.05, 3.63) is 29.6 Å². The van der Waals surface area contributed by atoms with E-state index in [1.165, 1.54) is 16.6 Å². The zero-order valence-electron chi connectivity index (χ0n) is 8.95. The van der Waals surface area contributed by atoms with Crippen molar-refractivity contribution in [2.75, 3.05) is 13.1 Å². The van der Waals surface area contributed by atoms with Gasteiger partial charge in [-0.1, -0.05) is 0 Å². The first-order chi connectivity index (χ1) is 7.38. The number of hydrogen-bond donors (Lipinski definition) is 1. The number of aromatic nitrogens is 2. The van der Waals surface area contributed by atoms with Crippen LogP contribution in [-0.2, 0) is 19.9 Å². The van der Waals surface area contributed by atoms with Gasteiger partial charge in [0.1, 0.15) is 5.65 Å². The quantitative estimate of drug-likeness (QED) is 0.695. The molecular weight excluding hydrogens is 186 g/mol. The molecule has 0 aliphatic carbocycles. The minimum Gasteiger partial charge on any atom is -0.332 e. The van der Waals surface area contributed by atoms with E-state index in [4.69, 9.17) is 0 Å². The van der Waals surface area contributed by atoms with Crippen LogP contribution >= 0.6 is 0 Å². The normalized spacial score (nSPS) is 16.3. The summed E-state index contributed by atoms with van der Waals surface area (Å²) in [6, 6.07) is 4.22. The van der Waals surface area contributed by atoms with Crippen molar-refractivity contribution in [2.24, 2.45) is 7.05 Å². The molecule has 3 heterocycles. The molecule has 78 valence electrons. The fourth-order valence-electron chi connectivity index (χ4n) is 2.53. The number of pyridine rings is 1. The lowest BCUT2D eigenvalue weighted by molar-refractivity contribution is 0.699. The molecule has 0 amide bonds. The molecule has 0 saturated carbocycles. The molecule has 2 aromatic heterocycles. The van der Waals surface area contributed by atoms with Gasteiger partial charge in [-0.05, 0) is 30.7 Å². The summed E-state index contributed by atoms with van der Waals surface area (Å²) in [6.07, 6.45) is 4.11. The van der Waals surface area contributed by atoms with Crippen molar-refractivity contribution < 1.29 is 0 Å². The van der Waals surface area contributed by atoms with Crippen molar-refractivity contribution in [1.82, 2.24) is 14.9 Å². The first-order valence-corrected chi connectivity index (χ1v) is 5.50. The molecule has 3 nitrogen and oxygen atoms in total. The average molecular weight is 201 g/mol. The van der Waals surface area contributed by atoms with Gasteiger partial charge in [0.2, 0.25) is 0 Å². The minimum atomic E-state index is 1.08. The third-order valence-corrected chi connectivity index (χ3v) is 3.27. The van der Waals surface area contributed by atoms with E-state index in [9.17, 15) is 0 Å². The highest BCUT2D eigenvalue weighted by atomic mass is 15.0. The monoisotopic (exact) mass is 201 g/mol. The van der Waals surface area contributed by atoms with Crippen LogP contribution in [0.4, 0.5) is 0 Å². The van der Waals surface area contributed by atoms with E-state index in [-0.39, 0.29) is 0 Å². The van der Waals surface area contributed by atoms with Crippen LogP contribution in [-0.4, -0.2) is 22.6 Å². The topological polar surface area (TPSA) is 29.9 Å². The molecule has 1 N–H and O–H groups in total. The molecule has 0 spiro atoms. The van der Waals surface area contributed by atoms with Gasteiger partial charge in [-0.15, -0.1) is 0 Å². The zero-order chi connectivity index (χ0) is 10.3. The third-order valence-electron chi connectivity index (χ3n) is 3.27. The summed E-state index contributed by atoms with van der Waals surface area (Å²) in [5.41, 5.74) is 4.07. The van der Waals surface area contributed by atoms with Gasteiger partial charge in [0, 0.05) is 37.3 Å². The van der Waals surface area contributed by atoms with Crippen molar-refractivity contribution in [3.8, 4) is 0 Å². The van der Waals surface area contributed by atoms with Crippen LogP contribution < -0.4 is 5.32 Å². The largest absolute Gasteiger partial charge is 0.332 e. The van der Waals surface area contributed by atoms with Crippen molar-refractivity contribution >= 4 is 11.0 Å². The minimum absolute atomic E-state index is 1.08. The molecule has 0 atom stereocenters. The summed E-state index contributed by atoms with van der Waals surface area (Å²) in [5.74, 6) is 0. The van der Waals surface area contributed by atoms with Crippen LogP contribution in [0.2, 0.25) is 0 Å². The molecule has 1 aliphatic heterocycles. The number of rotatable bonds is 0. The molecule has 3 heteroatoms. The van der Waals surface area contributed by atoms with Crippen LogP contribution in [0.1, 0.15) is 11.3 Å². The van der Waals surface area contributed by atoms with Crippen LogP contribution in [0.3, 0.4) is 0 Å². The van der Waals surface area contributed by atoms with E-state index in [1.54, 1.807) is 0 Å². The molecule has 2 aromatic rings. The second-order valence-corrected chi connectivity index (χ2v) is 4.11. The van der Waals surface area contributed by atoms with E-state index in [2.05, 4.69) is 28.0 Å². The smallest absolute Gasteiger partial charge is 0.140 e. The van der Waals surface area contributed by atoms with Gasteiger partial charge in [-0.3, -0.25) is 0 Å². The Morgan fingerprint density at radius 3 is 3.13 bits per heavy atom. The van der Waals surface area contributed by atoms with Crippen LogP contribution in [0, 0.1) is 0 Å². The maximum Gasteiger partial charge on any atom is 0.140 e. The second-order valence-electron chi connectivity index (χ2n) is 4.11. The van der Waals surface area contributed by atoms with Gasteiger partial charge in [0.05, 0.1) is 0 Å². The first kappa shape index (κ1) is 8.92. The summed E-state index contributed by atoms with van der Waals surface area (Å²) in [4.78, 5) is 4.46. The van der Waals surface area contributed by atoms with Gasteiger partial charge in [0.25, 0.3) is 0 Å². The lowest BCUT2D eigenvalue weighted by Gasteiger charge is -2.02. The highest BCUT2D eigenvalue weighted by molar-refractivity contribution is 5.82. The van der Waals surface area contributed by atoms with Crippen molar-refractivity contribution in [2.45, 2.75) is 12.8 Å². The van der Waals surface area contributed by atoms with E-state index < -0.39 is 0 Å². The van der Waals surface area contributed by atoms with Crippen molar-refractivity contribution in [3.63, 3.8) is 0 Å². The lowest BCUT2D eigenvalue weighted by Crippen LogP contribution is -2.17. The number of fused-ring (bicyclic) bond motifs is 3. The number of nitrogens with one attached hydrogen (secondary N) is 1. The number of aryl methyl sites for hydroxylation is 1. The molecule has 3 rings (SSSR count). The van der Waals surface area contributed by atoms with Gasteiger partial charge in [-0.2, -0.15) is 0 Å². The molecule has 15 heavy (non-hydrogen) atoms. The maximum atomic E-state index is 4.46. The molecule has 1 aliphatic rings. The average Bonchev–Trinajstić information content (AvgIpc) is 2.48. The Morgan fingerprint density at radius 1 is 1.33 bits per heavy atom. The Hall–Kier alpha value is -1.35. The van der Waals surface area contributed by atoms with E-state index in [0.717, 1.165) is 31.6 Å². The van der Waals surface area contributed by atoms with Gasteiger partial charge in [0.15, 0.2) is 0 Å². The third kappa shape index (κ3) is 1.27. The van der Waals surface area contributed by atoms with E-state index >= 15 is 0 Å². The highest BCUT2D eigenvalue weighted by Crippen LogP contribution is 2.25. The highest BCUT2D eigenvalue weighted by Gasteiger charge is 2.16. The van der Waals surface area contributed by atoms with Crippen LogP contribution in [0.25, 0.3) is 11.0 Å². The van der Waals surface area contributed by atoms with Gasteiger partial charge < -0.3 is 9.88 Å². The number of hydrogen-bond acceptors (Lipinski definition) is 2. The Kier molecular flexibility index (Phi) is 1.99. The second kappa shape index (κ2) is 3.35. The van der Waals surface area contributed by atoms with E-state index in [1.807, 2.05) is 12.3 Å². The van der Waals surface area contributed by atoms with E-state index in [0.29, 0.717) is 0 Å². The maximum absolute atomic E-state index is 4.46. The Balaban J connectivity index is 2.32. The van der Waals surface area contributed by atoms with Crippen LogP contribution in [0.15, 0.2) is 18.3 Å². The van der Waals surface area contributed by atoms with Crippen molar-refractivity contribution in [1.29, 1.82) is 0 Å². The molecular formula is C12H15N3. The predicted molar refractivity (Wildman–Crippen MR) is 61.0 cm³/mol. The van der Waals surface area contributed by atoms with Crippen LogP contribution in [0.5, 0.6) is 0 Å². The molecule has 0 bridgehead atoms. The fourth-order valence-corrected chi connectivity index (χ4v) is 2.53. The molecule has 0 saturated heterocycles. The Bertz CT molecular complexity index is 499. The Morgan fingerprint density at radius 2 is 2.20 bits per heavy atom. The summed E-state index contributed by atoms with van der Waals surface area (Å²) in [7, 11) is 2.12. The van der Waals surface area contributed by atoms with Gasteiger partial charge >= 0.3 is 0 Å². The Labute approximate surface area is 89.1 Å². The molecule has 0 aromatic carbocycles. The summed E-state index contributed by atoms with van der Waals surface area (Å²) in [5, 5.41) is 4.77. The SMILES string of the molecule is Cn1c2c(c3cccnc31)CCNCC2. The number of nitrogens with zero attached hydrogens (tertiary/aromatic N) is 2. The standard InChI is InChI=1S/C12H15N3/c1-15-11-5-8-13-7-4-9(11)10-3-2-6-14-12(10)15/h2-3,6,13H,4-5,7-8H2,1H3. The molecule has 0 radical (unpaired) electrons.